The number of non-ortho nitro benzene ring substituents is 1. The van der Waals surface area contributed by atoms with Gasteiger partial charge in [-0.05, 0) is 18.2 Å². The highest BCUT2D eigenvalue weighted by Crippen LogP contribution is 2.29. The van der Waals surface area contributed by atoms with Gasteiger partial charge in [-0.25, -0.2) is 4.79 Å². The number of phenolic OH excluding ortho intramolecular Hbond substituents is 2. The maximum absolute atomic E-state index is 11.8. The molecule has 0 heterocycles. The van der Waals surface area contributed by atoms with Gasteiger partial charge in [0, 0.05) is 18.2 Å². The quantitative estimate of drug-likeness (QED) is 0.292. The largest absolute Gasteiger partial charge is 0.504 e. The summed E-state index contributed by atoms with van der Waals surface area (Å²) >= 11 is 0. The van der Waals surface area contributed by atoms with Crippen LogP contribution in [0.15, 0.2) is 42.5 Å². The lowest BCUT2D eigenvalue weighted by Crippen LogP contribution is -2.08. The van der Waals surface area contributed by atoms with E-state index in [-0.39, 0.29) is 22.7 Å². The summed E-state index contributed by atoms with van der Waals surface area (Å²) in [5.74, 6) is -1.58. The van der Waals surface area contributed by atoms with Crippen LogP contribution in [0.4, 0.5) is 5.69 Å². The molecular weight excluding hydrogens is 266 g/mol. The molecule has 0 atom stereocenters. The second-order valence-electron chi connectivity index (χ2n) is 3.85. The number of rotatable bonds is 3. The van der Waals surface area contributed by atoms with Crippen LogP contribution in [0.25, 0.3) is 0 Å². The Morgan fingerprint density at radius 1 is 1.10 bits per heavy atom. The summed E-state index contributed by atoms with van der Waals surface area (Å²) in [6.07, 6.45) is 0. The number of carbonyl (C=O) groups excluding carboxylic acids is 1. The van der Waals surface area contributed by atoms with Crippen LogP contribution in [-0.4, -0.2) is 21.1 Å². The minimum atomic E-state index is -0.807. The summed E-state index contributed by atoms with van der Waals surface area (Å²) < 4.78 is 4.94. The predicted octanol–water partition coefficient (Wildman–Crippen LogP) is 2.23. The second kappa shape index (κ2) is 5.27. The maximum atomic E-state index is 11.8. The molecule has 2 rings (SSSR count). The van der Waals surface area contributed by atoms with Gasteiger partial charge < -0.3 is 14.9 Å². The summed E-state index contributed by atoms with van der Waals surface area (Å²) in [7, 11) is 0. The number of ether oxygens (including phenoxy) is 1. The molecule has 0 saturated heterocycles. The van der Waals surface area contributed by atoms with Gasteiger partial charge in [-0.15, -0.1) is 0 Å². The Morgan fingerprint density at radius 2 is 1.85 bits per heavy atom. The Balaban J connectivity index is 2.21. The Hall–Kier alpha value is -3.09. The molecular formula is C13H9NO6. The number of nitrogens with zero attached hydrogens (tertiary/aromatic N) is 1. The highest BCUT2D eigenvalue weighted by atomic mass is 16.6. The lowest BCUT2D eigenvalue weighted by Gasteiger charge is -2.05. The molecule has 0 aliphatic heterocycles. The van der Waals surface area contributed by atoms with E-state index in [0.717, 1.165) is 18.2 Å². The molecule has 102 valence electrons. The van der Waals surface area contributed by atoms with E-state index in [1.165, 1.54) is 24.3 Å². The first-order chi connectivity index (χ1) is 9.47. The van der Waals surface area contributed by atoms with E-state index in [0.29, 0.717) is 0 Å². The molecule has 7 nitrogen and oxygen atoms in total. The van der Waals surface area contributed by atoms with Gasteiger partial charge >= 0.3 is 5.97 Å². The number of esters is 1. The number of phenols is 2. The maximum Gasteiger partial charge on any atom is 0.343 e. The molecule has 0 unspecified atom stereocenters. The Morgan fingerprint density at radius 3 is 2.50 bits per heavy atom. The van der Waals surface area contributed by atoms with Crippen molar-refractivity contribution in [3.8, 4) is 17.2 Å². The van der Waals surface area contributed by atoms with E-state index in [9.17, 15) is 20.0 Å². The van der Waals surface area contributed by atoms with E-state index < -0.39 is 16.6 Å². The van der Waals surface area contributed by atoms with Crippen molar-refractivity contribution in [2.24, 2.45) is 0 Å². The number of aromatic hydroxyl groups is 2. The molecule has 0 saturated carbocycles. The van der Waals surface area contributed by atoms with Crippen LogP contribution in [-0.2, 0) is 0 Å². The summed E-state index contributed by atoms with van der Waals surface area (Å²) in [5, 5.41) is 29.0. The third kappa shape index (κ3) is 2.83. The highest BCUT2D eigenvalue weighted by molar-refractivity contribution is 5.91. The molecule has 7 heteroatoms. The molecule has 0 bridgehead atoms. The molecule has 2 N–H and O–H groups in total. The fourth-order valence-corrected chi connectivity index (χ4v) is 1.48. The van der Waals surface area contributed by atoms with Crippen molar-refractivity contribution < 1.29 is 24.7 Å². The Kier molecular flexibility index (Phi) is 3.52. The summed E-state index contributed by atoms with van der Waals surface area (Å²) in [4.78, 5) is 21.8. The highest BCUT2D eigenvalue weighted by Gasteiger charge is 2.14. The van der Waals surface area contributed by atoms with Gasteiger partial charge in [0.1, 0.15) is 5.75 Å². The number of nitro groups is 1. The molecule has 0 aromatic heterocycles. The normalized spacial score (nSPS) is 10.0. The van der Waals surface area contributed by atoms with Gasteiger partial charge in [-0.3, -0.25) is 10.1 Å². The standard InChI is InChI=1S/C13H9NO6/c15-11-5-4-10(7-12(11)16)20-13(17)8-2-1-3-9(6-8)14(18)19/h1-7,15-16H. The molecule has 0 spiro atoms. The van der Waals surface area contributed by atoms with E-state index in [1.807, 2.05) is 0 Å². The lowest BCUT2D eigenvalue weighted by molar-refractivity contribution is -0.384. The van der Waals surface area contributed by atoms with Crippen molar-refractivity contribution in [2.45, 2.75) is 0 Å². The number of hydrogen-bond donors (Lipinski definition) is 2. The topological polar surface area (TPSA) is 110 Å². The van der Waals surface area contributed by atoms with Crippen LogP contribution in [0.2, 0.25) is 0 Å². The van der Waals surface area contributed by atoms with Crippen molar-refractivity contribution in [1.29, 1.82) is 0 Å². The Labute approximate surface area is 112 Å². The predicted molar refractivity (Wildman–Crippen MR) is 67.8 cm³/mol. The van der Waals surface area contributed by atoms with Crippen molar-refractivity contribution in [2.75, 3.05) is 0 Å². The molecule has 0 amide bonds. The van der Waals surface area contributed by atoms with E-state index in [1.54, 1.807) is 0 Å². The van der Waals surface area contributed by atoms with Crippen molar-refractivity contribution in [3.05, 3.63) is 58.1 Å². The zero-order chi connectivity index (χ0) is 14.7. The van der Waals surface area contributed by atoms with Crippen LogP contribution >= 0.6 is 0 Å². The van der Waals surface area contributed by atoms with Gasteiger partial charge in [0.15, 0.2) is 11.5 Å². The first kappa shape index (κ1) is 13.3. The second-order valence-corrected chi connectivity index (χ2v) is 3.85. The smallest absolute Gasteiger partial charge is 0.343 e. The van der Waals surface area contributed by atoms with Gasteiger partial charge in [0.2, 0.25) is 0 Å². The molecule has 20 heavy (non-hydrogen) atoms. The third-order valence-corrected chi connectivity index (χ3v) is 2.45. The first-order valence-corrected chi connectivity index (χ1v) is 5.46. The van der Waals surface area contributed by atoms with Crippen molar-refractivity contribution in [3.63, 3.8) is 0 Å². The average molecular weight is 275 g/mol. The first-order valence-electron chi connectivity index (χ1n) is 5.46. The summed E-state index contributed by atoms with van der Waals surface area (Å²) in [6, 6.07) is 8.57. The monoisotopic (exact) mass is 275 g/mol. The zero-order valence-electron chi connectivity index (χ0n) is 10.0. The van der Waals surface area contributed by atoms with Gasteiger partial charge in [0.25, 0.3) is 5.69 Å². The zero-order valence-corrected chi connectivity index (χ0v) is 10.0. The van der Waals surface area contributed by atoms with Crippen LogP contribution in [0.5, 0.6) is 17.2 Å². The van der Waals surface area contributed by atoms with Crippen LogP contribution in [0.3, 0.4) is 0 Å². The molecule has 0 aliphatic rings. The molecule has 0 radical (unpaired) electrons. The van der Waals surface area contributed by atoms with Gasteiger partial charge in [-0.1, -0.05) is 6.07 Å². The third-order valence-electron chi connectivity index (χ3n) is 2.45. The fraction of sp³-hybridized carbons (Fsp3) is 0. The van der Waals surface area contributed by atoms with E-state index in [4.69, 9.17) is 9.84 Å². The number of nitro benzene ring substituents is 1. The summed E-state index contributed by atoms with van der Waals surface area (Å²) in [6.45, 7) is 0. The average Bonchev–Trinajstić information content (AvgIpc) is 2.43. The molecule has 2 aromatic carbocycles. The van der Waals surface area contributed by atoms with Crippen LogP contribution in [0, 0.1) is 10.1 Å². The van der Waals surface area contributed by atoms with E-state index in [2.05, 4.69) is 0 Å². The fourth-order valence-electron chi connectivity index (χ4n) is 1.48. The minimum Gasteiger partial charge on any atom is -0.504 e. The van der Waals surface area contributed by atoms with Gasteiger partial charge in [0.05, 0.1) is 10.5 Å². The molecule has 2 aromatic rings. The molecule has 0 fully saturated rings. The lowest BCUT2D eigenvalue weighted by atomic mass is 10.2. The van der Waals surface area contributed by atoms with Crippen molar-refractivity contribution >= 4 is 11.7 Å². The van der Waals surface area contributed by atoms with E-state index >= 15 is 0 Å². The minimum absolute atomic E-state index is 0.00626. The summed E-state index contributed by atoms with van der Waals surface area (Å²) in [5.41, 5.74) is -0.222. The number of hydrogen-bond acceptors (Lipinski definition) is 6. The molecule has 0 aliphatic carbocycles. The SMILES string of the molecule is O=C(Oc1ccc(O)c(O)c1)c1cccc([N+](=O)[O-])c1. The van der Waals surface area contributed by atoms with Crippen molar-refractivity contribution in [1.82, 2.24) is 0 Å². The number of benzene rings is 2. The van der Waals surface area contributed by atoms with Gasteiger partial charge in [-0.2, -0.15) is 0 Å². The van der Waals surface area contributed by atoms with Crippen LogP contribution in [0.1, 0.15) is 10.4 Å². The Bertz CT molecular complexity index is 682. The van der Waals surface area contributed by atoms with Crippen LogP contribution < -0.4 is 4.74 Å². The number of carbonyl (C=O) groups is 1.